The second-order valence-corrected chi connectivity index (χ2v) is 5.72. The van der Waals surface area contributed by atoms with Gasteiger partial charge in [0.15, 0.2) is 0 Å². The lowest BCUT2D eigenvalue weighted by atomic mass is 9.86. The van der Waals surface area contributed by atoms with Crippen molar-refractivity contribution in [2.24, 2.45) is 11.8 Å². The smallest absolute Gasteiger partial charge is 0.228 e. The zero-order valence-electron chi connectivity index (χ0n) is 11.8. The molecule has 2 N–H and O–H groups in total. The summed E-state index contributed by atoms with van der Waals surface area (Å²) in [6.07, 6.45) is 4.23. The standard InChI is InChI=1S/C15H23N3O/c1-11(2)12-5-7-18(8-6-12)15(19)9-14-4-3-13(16)10-17-14/h3-4,10-12H,5-9,16H2,1-2H3. The Bertz CT molecular complexity index is 420. The SMILES string of the molecule is CC(C)C1CCN(C(=O)Cc2ccc(N)cn2)CC1. The van der Waals surface area contributed by atoms with Gasteiger partial charge in [-0.05, 0) is 36.8 Å². The molecule has 1 saturated heterocycles. The summed E-state index contributed by atoms with van der Waals surface area (Å²) < 4.78 is 0. The Balaban J connectivity index is 1.86. The molecule has 19 heavy (non-hydrogen) atoms. The molecule has 1 fully saturated rings. The first-order chi connectivity index (χ1) is 9.06. The van der Waals surface area contributed by atoms with Crippen LogP contribution < -0.4 is 5.73 Å². The molecular weight excluding hydrogens is 238 g/mol. The minimum absolute atomic E-state index is 0.180. The minimum Gasteiger partial charge on any atom is -0.397 e. The number of rotatable bonds is 3. The molecule has 1 aromatic rings. The molecule has 4 nitrogen and oxygen atoms in total. The lowest BCUT2D eigenvalue weighted by Crippen LogP contribution is -2.40. The molecule has 1 aromatic heterocycles. The van der Waals surface area contributed by atoms with E-state index in [-0.39, 0.29) is 5.91 Å². The van der Waals surface area contributed by atoms with Gasteiger partial charge < -0.3 is 10.6 Å². The van der Waals surface area contributed by atoms with E-state index in [1.54, 1.807) is 12.3 Å². The van der Waals surface area contributed by atoms with Crippen LogP contribution in [0.2, 0.25) is 0 Å². The van der Waals surface area contributed by atoms with Gasteiger partial charge in [-0.15, -0.1) is 0 Å². The highest BCUT2D eigenvalue weighted by molar-refractivity contribution is 5.78. The Hall–Kier alpha value is -1.58. The molecule has 0 bridgehead atoms. The van der Waals surface area contributed by atoms with E-state index in [4.69, 9.17) is 5.73 Å². The van der Waals surface area contributed by atoms with Crippen LogP contribution in [0.25, 0.3) is 0 Å². The molecule has 0 aliphatic carbocycles. The summed E-state index contributed by atoms with van der Waals surface area (Å²) in [7, 11) is 0. The third-order valence-electron chi connectivity index (χ3n) is 4.02. The maximum atomic E-state index is 12.2. The number of aromatic nitrogens is 1. The van der Waals surface area contributed by atoms with Gasteiger partial charge in [-0.1, -0.05) is 13.8 Å². The van der Waals surface area contributed by atoms with Crippen molar-refractivity contribution < 1.29 is 4.79 Å². The molecule has 0 unspecified atom stereocenters. The maximum absolute atomic E-state index is 12.2. The molecule has 0 radical (unpaired) electrons. The Kier molecular flexibility index (Phi) is 4.40. The topological polar surface area (TPSA) is 59.2 Å². The van der Waals surface area contributed by atoms with E-state index in [2.05, 4.69) is 18.8 Å². The summed E-state index contributed by atoms with van der Waals surface area (Å²) in [6.45, 7) is 6.30. The number of carbonyl (C=O) groups excluding carboxylic acids is 1. The molecule has 2 heterocycles. The number of nitrogens with two attached hydrogens (primary N) is 1. The van der Waals surface area contributed by atoms with Crippen LogP contribution in [0.3, 0.4) is 0 Å². The summed E-state index contributed by atoms with van der Waals surface area (Å²) in [4.78, 5) is 18.3. The van der Waals surface area contributed by atoms with Gasteiger partial charge in [0.25, 0.3) is 0 Å². The van der Waals surface area contributed by atoms with Crippen LogP contribution in [0.5, 0.6) is 0 Å². The third-order valence-corrected chi connectivity index (χ3v) is 4.02. The van der Waals surface area contributed by atoms with Crippen molar-refractivity contribution in [2.75, 3.05) is 18.8 Å². The average Bonchev–Trinajstić information content (AvgIpc) is 2.41. The van der Waals surface area contributed by atoms with E-state index >= 15 is 0 Å². The highest BCUT2D eigenvalue weighted by Gasteiger charge is 2.24. The van der Waals surface area contributed by atoms with E-state index in [0.717, 1.165) is 43.5 Å². The largest absolute Gasteiger partial charge is 0.397 e. The minimum atomic E-state index is 0.180. The maximum Gasteiger partial charge on any atom is 0.228 e. The zero-order valence-corrected chi connectivity index (χ0v) is 11.8. The summed E-state index contributed by atoms with van der Waals surface area (Å²) in [5.41, 5.74) is 7.02. The summed E-state index contributed by atoms with van der Waals surface area (Å²) >= 11 is 0. The number of anilines is 1. The molecule has 2 rings (SSSR count). The van der Waals surface area contributed by atoms with Crippen molar-refractivity contribution in [1.29, 1.82) is 0 Å². The first-order valence-electron chi connectivity index (χ1n) is 7.04. The van der Waals surface area contributed by atoms with Crippen LogP contribution in [0.15, 0.2) is 18.3 Å². The van der Waals surface area contributed by atoms with Crippen LogP contribution in [-0.4, -0.2) is 28.9 Å². The van der Waals surface area contributed by atoms with Gasteiger partial charge in [-0.25, -0.2) is 0 Å². The molecule has 0 aromatic carbocycles. The molecular formula is C15H23N3O. The second-order valence-electron chi connectivity index (χ2n) is 5.72. The van der Waals surface area contributed by atoms with Crippen molar-refractivity contribution in [2.45, 2.75) is 33.1 Å². The number of amides is 1. The number of piperidine rings is 1. The van der Waals surface area contributed by atoms with Crippen molar-refractivity contribution in [3.63, 3.8) is 0 Å². The van der Waals surface area contributed by atoms with Crippen molar-refractivity contribution in [3.8, 4) is 0 Å². The van der Waals surface area contributed by atoms with Gasteiger partial charge >= 0.3 is 0 Å². The molecule has 104 valence electrons. The number of carbonyl (C=O) groups is 1. The van der Waals surface area contributed by atoms with E-state index < -0.39 is 0 Å². The molecule has 4 heteroatoms. The average molecular weight is 261 g/mol. The van der Waals surface area contributed by atoms with Gasteiger partial charge in [-0.3, -0.25) is 9.78 Å². The van der Waals surface area contributed by atoms with Crippen LogP contribution in [-0.2, 0) is 11.2 Å². The third kappa shape index (κ3) is 3.69. The van der Waals surface area contributed by atoms with Crippen LogP contribution >= 0.6 is 0 Å². The number of hydrogen-bond donors (Lipinski definition) is 1. The van der Waals surface area contributed by atoms with Gasteiger partial charge in [0, 0.05) is 18.8 Å². The Labute approximate surface area is 115 Å². The Morgan fingerprint density at radius 3 is 2.63 bits per heavy atom. The van der Waals surface area contributed by atoms with Crippen LogP contribution in [0.4, 0.5) is 5.69 Å². The van der Waals surface area contributed by atoms with Crippen molar-refractivity contribution in [3.05, 3.63) is 24.0 Å². The predicted octanol–water partition coefficient (Wildman–Crippen LogP) is 2.10. The molecule has 0 saturated carbocycles. The van der Waals surface area contributed by atoms with Gasteiger partial charge in [-0.2, -0.15) is 0 Å². The lowest BCUT2D eigenvalue weighted by molar-refractivity contribution is -0.132. The van der Waals surface area contributed by atoms with E-state index in [0.29, 0.717) is 12.1 Å². The number of likely N-dealkylation sites (tertiary alicyclic amines) is 1. The zero-order chi connectivity index (χ0) is 13.8. The van der Waals surface area contributed by atoms with E-state index in [9.17, 15) is 4.79 Å². The van der Waals surface area contributed by atoms with E-state index in [1.165, 1.54) is 0 Å². The predicted molar refractivity (Wildman–Crippen MR) is 76.5 cm³/mol. The van der Waals surface area contributed by atoms with Crippen molar-refractivity contribution >= 4 is 11.6 Å². The second kappa shape index (κ2) is 6.04. The Morgan fingerprint density at radius 1 is 1.42 bits per heavy atom. The lowest BCUT2D eigenvalue weighted by Gasteiger charge is -2.33. The number of pyridine rings is 1. The van der Waals surface area contributed by atoms with Gasteiger partial charge in [0.05, 0.1) is 18.3 Å². The summed E-state index contributed by atoms with van der Waals surface area (Å²) in [5.74, 6) is 1.66. The number of hydrogen-bond acceptors (Lipinski definition) is 3. The van der Waals surface area contributed by atoms with Gasteiger partial charge in [0.2, 0.25) is 5.91 Å². The fourth-order valence-corrected chi connectivity index (χ4v) is 2.62. The highest BCUT2D eigenvalue weighted by atomic mass is 16.2. The van der Waals surface area contributed by atoms with Gasteiger partial charge in [0.1, 0.15) is 0 Å². The molecule has 1 aliphatic heterocycles. The number of nitrogens with zero attached hydrogens (tertiary/aromatic N) is 2. The van der Waals surface area contributed by atoms with E-state index in [1.807, 2.05) is 11.0 Å². The molecule has 0 spiro atoms. The first-order valence-corrected chi connectivity index (χ1v) is 7.04. The van der Waals surface area contributed by atoms with Crippen LogP contribution in [0, 0.1) is 11.8 Å². The Morgan fingerprint density at radius 2 is 2.11 bits per heavy atom. The highest BCUT2D eigenvalue weighted by Crippen LogP contribution is 2.24. The quantitative estimate of drug-likeness (QED) is 0.906. The molecule has 1 aliphatic rings. The summed E-state index contributed by atoms with van der Waals surface area (Å²) in [5, 5.41) is 0. The monoisotopic (exact) mass is 261 g/mol. The van der Waals surface area contributed by atoms with Crippen molar-refractivity contribution in [1.82, 2.24) is 9.88 Å². The number of nitrogen functional groups attached to an aromatic ring is 1. The first kappa shape index (κ1) is 13.8. The fraction of sp³-hybridized carbons (Fsp3) is 0.600. The van der Waals surface area contributed by atoms with Crippen LogP contribution in [0.1, 0.15) is 32.4 Å². The fourth-order valence-electron chi connectivity index (χ4n) is 2.62. The molecule has 1 amide bonds. The normalized spacial score (nSPS) is 16.9. The summed E-state index contributed by atoms with van der Waals surface area (Å²) in [6, 6.07) is 3.62. The molecule has 0 atom stereocenters.